The Morgan fingerprint density at radius 2 is 1.71 bits per heavy atom. The van der Waals surface area contributed by atoms with Crippen LogP contribution in [0.4, 0.5) is 0 Å². The molecule has 0 spiro atoms. The number of likely N-dealkylation sites (tertiary alicyclic amines) is 1. The molecule has 0 aromatic carbocycles. The predicted molar refractivity (Wildman–Crippen MR) is 73.9 cm³/mol. The van der Waals surface area contributed by atoms with Crippen molar-refractivity contribution in [2.24, 2.45) is 23.0 Å². The van der Waals surface area contributed by atoms with Crippen LogP contribution < -0.4 is 5.73 Å². The highest BCUT2D eigenvalue weighted by atomic mass is 15.2. The summed E-state index contributed by atoms with van der Waals surface area (Å²) in [4.78, 5) is 2.73. The van der Waals surface area contributed by atoms with E-state index < -0.39 is 0 Å². The molecule has 0 aromatic rings. The highest BCUT2D eigenvalue weighted by Crippen LogP contribution is 2.45. The molecule has 0 bridgehead atoms. The van der Waals surface area contributed by atoms with Gasteiger partial charge in [-0.1, -0.05) is 34.1 Å². The average Bonchev–Trinajstić information content (AvgIpc) is 2.58. The Morgan fingerprint density at radius 3 is 2.18 bits per heavy atom. The van der Waals surface area contributed by atoms with Crippen LogP contribution in [0.25, 0.3) is 0 Å². The normalized spacial score (nSPS) is 42.9. The monoisotopic (exact) mass is 238 g/mol. The first-order chi connectivity index (χ1) is 7.88. The molecule has 1 aliphatic carbocycles. The Balaban J connectivity index is 2.14. The quantitative estimate of drug-likeness (QED) is 0.801. The van der Waals surface area contributed by atoms with Crippen LogP contribution in [0.3, 0.4) is 0 Å². The van der Waals surface area contributed by atoms with E-state index in [1.165, 1.54) is 38.8 Å². The fraction of sp³-hybridized carbons (Fsp3) is 1.00. The second kappa shape index (κ2) is 4.55. The molecule has 2 fully saturated rings. The van der Waals surface area contributed by atoms with E-state index in [1.807, 2.05) is 0 Å². The summed E-state index contributed by atoms with van der Waals surface area (Å²) in [6, 6.07) is 0. The van der Waals surface area contributed by atoms with Crippen LogP contribution in [0.1, 0.15) is 53.4 Å². The molecule has 0 aromatic heterocycles. The minimum absolute atomic E-state index is 0.306. The summed E-state index contributed by atoms with van der Waals surface area (Å²) in [5.74, 6) is 1.67. The van der Waals surface area contributed by atoms with Crippen LogP contribution >= 0.6 is 0 Å². The fourth-order valence-corrected chi connectivity index (χ4v) is 4.05. The van der Waals surface area contributed by atoms with E-state index in [4.69, 9.17) is 5.73 Å². The smallest absolute Gasteiger partial charge is 0.0337 e. The summed E-state index contributed by atoms with van der Waals surface area (Å²) in [5, 5.41) is 0. The Labute approximate surface area is 107 Å². The van der Waals surface area contributed by atoms with Gasteiger partial charge in [-0.05, 0) is 36.5 Å². The van der Waals surface area contributed by atoms with Gasteiger partial charge in [-0.2, -0.15) is 0 Å². The van der Waals surface area contributed by atoms with E-state index in [0.29, 0.717) is 11.0 Å². The van der Waals surface area contributed by atoms with Crippen LogP contribution in [-0.2, 0) is 0 Å². The van der Waals surface area contributed by atoms with Crippen molar-refractivity contribution in [1.82, 2.24) is 4.90 Å². The van der Waals surface area contributed by atoms with Gasteiger partial charge in [-0.3, -0.25) is 4.90 Å². The second-order valence-electron chi connectivity index (χ2n) is 7.48. The first-order valence-corrected chi connectivity index (χ1v) is 7.34. The molecule has 2 aliphatic rings. The van der Waals surface area contributed by atoms with Gasteiger partial charge in [-0.25, -0.2) is 0 Å². The van der Waals surface area contributed by atoms with E-state index in [2.05, 4.69) is 32.6 Å². The van der Waals surface area contributed by atoms with Crippen LogP contribution in [0.2, 0.25) is 0 Å². The van der Waals surface area contributed by atoms with Crippen LogP contribution in [0.15, 0.2) is 0 Å². The first kappa shape index (κ1) is 13.4. The maximum Gasteiger partial charge on any atom is 0.0337 e. The van der Waals surface area contributed by atoms with Crippen molar-refractivity contribution in [3.8, 4) is 0 Å². The first-order valence-electron chi connectivity index (χ1n) is 7.34. The Bertz CT molecular complexity index is 264. The molecule has 3 atom stereocenters. The molecule has 0 amide bonds. The molecule has 3 unspecified atom stereocenters. The van der Waals surface area contributed by atoms with E-state index >= 15 is 0 Å². The van der Waals surface area contributed by atoms with Crippen molar-refractivity contribution in [1.29, 1.82) is 0 Å². The summed E-state index contributed by atoms with van der Waals surface area (Å²) in [6.45, 7) is 13.0. The molecule has 100 valence electrons. The molecule has 2 N–H and O–H groups in total. The fourth-order valence-electron chi connectivity index (χ4n) is 4.05. The molecule has 2 nitrogen and oxygen atoms in total. The summed E-state index contributed by atoms with van der Waals surface area (Å²) >= 11 is 0. The number of nitrogens with two attached hydrogens (primary N) is 1. The molecule has 2 rings (SSSR count). The average molecular weight is 238 g/mol. The second-order valence-corrected chi connectivity index (χ2v) is 7.48. The zero-order valence-electron chi connectivity index (χ0n) is 12.1. The van der Waals surface area contributed by atoms with Crippen molar-refractivity contribution in [3.05, 3.63) is 0 Å². The molecule has 0 radical (unpaired) electrons. The summed E-state index contributed by atoms with van der Waals surface area (Å²) < 4.78 is 0. The third-order valence-electron chi connectivity index (χ3n) is 5.34. The van der Waals surface area contributed by atoms with Crippen molar-refractivity contribution in [2.45, 2.75) is 58.9 Å². The van der Waals surface area contributed by atoms with Crippen LogP contribution in [0, 0.1) is 17.3 Å². The summed E-state index contributed by atoms with van der Waals surface area (Å²) in [7, 11) is 0. The molecule has 2 heteroatoms. The van der Waals surface area contributed by atoms with Gasteiger partial charge in [0.15, 0.2) is 0 Å². The molecule has 1 saturated heterocycles. The molecule has 17 heavy (non-hydrogen) atoms. The third-order valence-corrected chi connectivity index (χ3v) is 5.34. The molecule has 1 saturated carbocycles. The summed E-state index contributed by atoms with van der Waals surface area (Å²) in [5.41, 5.74) is 6.97. The SMILES string of the molecule is CC1CN(C2(CN)CCCC(C)(C)C2)CC1C. The van der Waals surface area contributed by atoms with Crippen molar-refractivity contribution in [3.63, 3.8) is 0 Å². The zero-order chi connectivity index (χ0) is 12.7. The molecule has 1 heterocycles. The Morgan fingerprint density at radius 1 is 1.12 bits per heavy atom. The van der Waals surface area contributed by atoms with Crippen LogP contribution in [-0.4, -0.2) is 30.1 Å². The number of hydrogen-bond donors (Lipinski definition) is 1. The lowest BCUT2D eigenvalue weighted by Crippen LogP contribution is -2.57. The van der Waals surface area contributed by atoms with Gasteiger partial charge in [-0.15, -0.1) is 0 Å². The molecule has 1 aliphatic heterocycles. The summed E-state index contributed by atoms with van der Waals surface area (Å²) in [6.07, 6.45) is 5.32. The maximum atomic E-state index is 6.19. The highest BCUT2D eigenvalue weighted by molar-refractivity contribution is 5.02. The van der Waals surface area contributed by atoms with Crippen molar-refractivity contribution in [2.75, 3.05) is 19.6 Å². The predicted octanol–water partition coefficient (Wildman–Crippen LogP) is 2.87. The minimum Gasteiger partial charge on any atom is -0.329 e. The number of rotatable bonds is 2. The van der Waals surface area contributed by atoms with E-state index in [1.54, 1.807) is 0 Å². The van der Waals surface area contributed by atoms with E-state index in [-0.39, 0.29) is 0 Å². The van der Waals surface area contributed by atoms with Gasteiger partial charge < -0.3 is 5.73 Å². The highest BCUT2D eigenvalue weighted by Gasteiger charge is 2.46. The number of hydrogen-bond acceptors (Lipinski definition) is 2. The lowest BCUT2D eigenvalue weighted by Gasteiger charge is -2.50. The lowest BCUT2D eigenvalue weighted by molar-refractivity contribution is 0.0223. The van der Waals surface area contributed by atoms with Crippen molar-refractivity contribution < 1.29 is 0 Å². The van der Waals surface area contributed by atoms with Gasteiger partial charge >= 0.3 is 0 Å². The van der Waals surface area contributed by atoms with Gasteiger partial charge in [0.05, 0.1) is 0 Å². The van der Waals surface area contributed by atoms with E-state index in [9.17, 15) is 0 Å². The lowest BCUT2D eigenvalue weighted by atomic mass is 9.67. The van der Waals surface area contributed by atoms with Gasteiger partial charge in [0.2, 0.25) is 0 Å². The van der Waals surface area contributed by atoms with Gasteiger partial charge in [0.25, 0.3) is 0 Å². The zero-order valence-corrected chi connectivity index (χ0v) is 12.1. The van der Waals surface area contributed by atoms with E-state index in [0.717, 1.165) is 18.4 Å². The third kappa shape index (κ3) is 2.53. The maximum absolute atomic E-state index is 6.19. The minimum atomic E-state index is 0.306. The molecular weight excluding hydrogens is 208 g/mol. The Hall–Kier alpha value is -0.0800. The largest absolute Gasteiger partial charge is 0.329 e. The molecular formula is C15H30N2. The topological polar surface area (TPSA) is 29.3 Å². The Kier molecular flexibility index (Phi) is 3.57. The standard InChI is InChI=1S/C15H30N2/c1-12-8-17(9-13(12)2)15(11-16)7-5-6-14(3,4)10-15/h12-13H,5-11,16H2,1-4H3. The number of nitrogens with zero attached hydrogens (tertiary/aromatic N) is 1. The van der Waals surface area contributed by atoms with Crippen LogP contribution in [0.5, 0.6) is 0 Å². The van der Waals surface area contributed by atoms with Crippen molar-refractivity contribution >= 4 is 0 Å². The van der Waals surface area contributed by atoms with Gasteiger partial charge in [0.1, 0.15) is 0 Å². The van der Waals surface area contributed by atoms with Gasteiger partial charge in [0, 0.05) is 25.2 Å².